The predicted molar refractivity (Wildman–Crippen MR) is 259 cm³/mol. The predicted octanol–water partition coefficient (Wildman–Crippen LogP) is 15.4. The Bertz CT molecular complexity index is 4170. The van der Waals surface area contributed by atoms with Crippen LogP contribution in [0.25, 0.3) is 121 Å². The van der Waals surface area contributed by atoms with Gasteiger partial charge in [-0.25, -0.2) is 0 Å². The normalized spacial score (nSPS) is 11.9. The molecule has 6 nitrogen and oxygen atoms in total. The maximum Gasteiger partial charge on any atom is 0.136 e. The fourth-order valence-corrected chi connectivity index (χ4v) is 10.8. The van der Waals surface area contributed by atoms with Crippen LogP contribution in [0.15, 0.2) is 179 Å². The molecule has 4 aromatic heterocycles. The van der Waals surface area contributed by atoms with E-state index in [9.17, 15) is 10.5 Å². The third-order valence-corrected chi connectivity index (χ3v) is 13.3. The summed E-state index contributed by atoms with van der Waals surface area (Å²) in [6.07, 6.45) is 0. The van der Waals surface area contributed by atoms with Gasteiger partial charge in [0.15, 0.2) is 0 Å². The van der Waals surface area contributed by atoms with Crippen LogP contribution in [-0.2, 0) is 0 Å². The lowest BCUT2D eigenvalue weighted by Gasteiger charge is -2.27. The van der Waals surface area contributed by atoms with Gasteiger partial charge in [0.25, 0.3) is 0 Å². The van der Waals surface area contributed by atoms with Gasteiger partial charge >= 0.3 is 0 Å². The van der Waals surface area contributed by atoms with Crippen LogP contribution >= 0.6 is 0 Å². The molecule has 0 atom stereocenters. The molecule has 0 amide bonds. The Morgan fingerprint density at radius 3 is 1.27 bits per heavy atom. The molecule has 0 aliphatic carbocycles. The largest absolute Gasteiger partial charge is 0.456 e. The lowest BCUT2D eigenvalue weighted by atomic mass is 9.86. The SMILES string of the molecule is Cc1c(-c2cccc(C#N)c2)c(-n2c3ccccc3c3c4c(ccc32)oc2ccccc24)c(-c2cccc(C#N)c2)c(C)c1-n1c2ccccc2c2c3c(ccc21)oc1ccccc13. The molecule has 0 aliphatic heterocycles. The van der Waals surface area contributed by atoms with Gasteiger partial charge in [-0.05, 0) is 109 Å². The molecule has 0 unspecified atom stereocenters. The van der Waals surface area contributed by atoms with Crippen molar-refractivity contribution in [1.82, 2.24) is 9.13 Å². The van der Waals surface area contributed by atoms with Gasteiger partial charge in [0, 0.05) is 54.2 Å². The Morgan fingerprint density at radius 1 is 0.375 bits per heavy atom. The average molecular weight is 819 g/mol. The molecule has 13 aromatic rings. The first-order valence-electron chi connectivity index (χ1n) is 21.4. The minimum Gasteiger partial charge on any atom is -0.456 e. The molecule has 13 rings (SSSR count). The van der Waals surface area contributed by atoms with E-state index >= 15 is 0 Å². The summed E-state index contributed by atoms with van der Waals surface area (Å²) in [5.41, 5.74) is 16.5. The lowest BCUT2D eigenvalue weighted by Crippen LogP contribution is -2.10. The smallest absolute Gasteiger partial charge is 0.136 e. The number of nitrogens with zero attached hydrogens (tertiary/aromatic N) is 4. The third-order valence-electron chi connectivity index (χ3n) is 13.3. The van der Waals surface area contributed by atoms with Crippen LogP contribution in [0, 0.1) is 36.5 Å². The van der Waals surface area contributed by atoms with E-state index in [1.54, 1.807) is 0 Å². The maximum atomic E-state index is 10.4. The lowest BCUT2D eigenvalue weighted by molar-refractivity contribution is 0.669. The number of para-hydroxylation sites is 4. The van der Waals surface area contributed by atoms with Gasteiger partial charge < -0.3 is 18.0 Å². The zero-order valence-electron chi connectivity index (χ0n) is 34.8. The van der Waals surface area contributed by atoms with E-state index < -0.39 is 0 Å². The van der Waals surface area contributed by atoms with Crippen molar-refractivity contribution in [2.75, 3.05) is 0 Å². The van der Waals surface area contributed by atoms with E-state index in [0.29, 0.717) is 11.1 Å². The minimum atomic E-state index is 0.567. The van der Waals surface area contributed by atoms with Crippen LogP contribution in [0.2, 0.25) is 0 Å². The number of hydrogen-bond donors (Lipinski definition) is 0. The van der Waals surface area contributed by atoms with Gasteiger partial charge in [-0.15, -0.1) is 0 Å². The molecular weight excluding hydrogens is 785 g/mol. The van der Waals surface area contributed by atoms with Crippen LogP contribution in [0.5, 0.6) is 0 Å². The first kappa shape index (κ1) is 35.9. The highest BCUT2D eigenvalue weighted by Gasteiger charge is 2.30. The van der Waals surface area contributed by atoms with E-state index in [1.807, 2.05) is 60.7 Å². The molecule has 0 fully saturated rings. The topological polar surface area (TPSA) is 83.7 Å². The monoisotopic (exact) mass is 818 g/mol. The molecule has 298 valence electrons. The quantitative estimate of drug-likeness (QED) is 0.177. The van der Waals surface area contributed by atoms with Crippen LogP contribution in [0.3, 0.4) is 0 Å². The van der Waals surface area contributed by atoms with E-state index in [1.165, 1.54) is 0 Å². The van der Waals surface area contributed by atoms with E-state index in [0.717, 1.165) is 132 Å². The van der Waals surface area contributed by atoms with Gasteiger partial charge in [-0.2, -0.15) is 10.5 Å². The second kappa shape index (κ2) is 13.3. The minimum absolute atomic E-state index is 0.567. The van der Waals surface area contributed by atoms with Gasteiger partial charge in [-0.3, -0.25) is 0 Å². The fraction of sp³-hybridized carbons (Fsp3) is 0.0345. The summed E-state index contributed by atoms with van der Waals surface area (Å²) in [4.78, 5) is 0. The number of furan rings is 2. The Balaban J connectivity index is 1.27. The molecule has 4 heterocycles. The van der Waals surface area contributed by atoms with Crippen molar-refractivity contribution in [2.24, 2.45) is 0 Å². The number of hydrogen-bond acceptors (Lipinski definition) is 4. The molecule has 0 spiro atoms. The highest BCUT2D eigenvalue weighted by atomic mass is 16.3. The average Bonchev–Trinajstić information content (AvgIpc) is 4.09. The summed E-state index contributed by atoms with van der Waals surface area (Å²) in [6.45, 7) is 4.44. The third kappa shape index (κ3) is 4.82. The van der Waals surface area contributed by atoms with E-state index in [4.69, 9.17) is 8.83 Å². The second-order valence-electron chi connectivity index (χ2n) is 16.6. The number of aromatic nitrogens is 2. The van der Waals surface area contributed by atoms with Crippen LogP contribution in [0.4, 0.5) is 0 Å². The van der Waals surface area contributed by atoms with Crippen LogP contribution in [0.1, 0.15) is 22.3 Å². The van der Waals surface area contributed by atoms with Crippen molar-refractivity contribution in [3.05, 3.63) is 192 Å². The number of nitriles is 2. The highest BCUT2D eigenvalue weighted by molar-refractivity contribution is 6.29. The molecular formula is C58H34N4O2. The van der Waals surface area contributed by atoms with Crippen LogP contribution < -0.4 is 0 Å². The molecule has 6 heteroatoms. The van der Waals surface area contributed by atoms with Crippen molar-refractivity contribution in [3.63, 3.8) is 0 Å². The number of fused-ring (bicyclic) bond motifs is 14. The summed E-state index contributed by atoms with van der Waals surface area (Å²) in [5.74, 6) is 0. The van der Waals surface area contributed by atoms with E-state index in [2.05, 4.69) is 144 Å². The molecule has 0 radical (unpaired) electrons. The maximum absolute atomic E-state index is 10.4. The summed E-state index contributed by atoms with van der Waals surface area (Å²) in [6, 6.07) is 63.0. The van der Waals surface area contributed by atoms with Gasteiger partial charge in [0.2, 0.25) is 0 Å². The van der Waals surface area contributed by atoms with Crippen molar-refractivity contribution in [3.8, 4) is 45.8 Å². The summed E-state index contributed by atoms with van der Waals surface area (Å²) in [5, 5.41) is 29.5. The second-order valence-corrected chi connectivity index (χ2v) is 16.6. The van der Waals surface area contributed by atoms with E-state index in [-0.39, 0.29) is 0 Å². The molecule has 0 saturated carbocycles. The van der Waals surface area contributed by atoms with Gasteiger partial charge in [-0.1, -0.05) is 97.1 Å². The first-order chi connectivity index (χ1) is 31.5. The molecule has 0 N–H and O–H groups in total. The summed E-state index contributed by atoms with van der Waals surface area (Å²) in [7, 11) is 0. The fourth-order valence-electron chi connectivity index (χ4n) is 10.8. The molecule has 0 bridgehead atoms. The zero-order chi connectivity index (χ0) is 42.8. The summed E-state index contributed by atoms with van der Waals surface area (Å²) >= 11 is 0. The summed E-state index contributed by atoms with van der Waals surface area (Å²) < 4.78 is 17.8. The Hall–Kier alpha value is -8.84. The van der Waals surface area contributed by atoms with Gasteiger partial charge in [0.1, 0.15) is 22.3 Å². The first-order valence-corrected chi connectivity index (χ1v) is 21.4. The highest BCUT2D eigenvalue weighted by Crippen LogP contribution is 2.51. The standard InChI is InChI=1S/C58H34N4O2/c1-33-51(37-15-11-13-35(29-37)31-59)58(62-44-22-8-4-18-40(44)54-46(62)26-28-50-56(54)42-20-6-10-24-48(42)64-50)52(38-16-12-14-36(30-38)32-60)34(2)57(33)61-43-21-7-3-17-39(43)53-45(61)25-27-49-55(53)41-19-5-9-23-47(41)63-49/h3-30H,1-2H3. The Morgan fingerprint density at radius 2 is 0.797 bits per heavy atom. The Kier molecular flexibility index (Phi) is 7.47. The van der Waals surface area contributed by atoms with Crippen LogP contribution in [-0.4, -0.2) is 9.13 Å². The zero-order valence-corrected chi connectivity index (χ0v) is 34.8. The number of rotatable bonds is 4. The molecule has 0 saturated heterocycles. The van der Waals surface area contributed by atoms with Gasteiger partial charge in [0.05, 0.1) is 56.7 Å². The molecule has 0 aliphatic rings. The number of benzene rings is 9. The van der Waals surface area contributed by atoms with Crippen molar-refractivity contribution >= 4 is 87.5 Å². The van der Waals surface area contributed by atoms with Crippen molar-refractivity contribution in [1.29, 1.82) is 10.5 Å². The van der Waals surface area contributed by atoms with Crippen molar-refractivity contribution in [2.45, 2.75) is 13.8 Å². The Labute approximate surface area is 366 Å². The molecule has 64 heavy (non-hydrogen) atoms. The van der Waals surface area contributed by atoms with Crippen molar-refractivity contribution < 1.29 is 8.83 Å². The molecule has 9 aromatic carbocycles.